The van der Waals surface area contributed by atoms with Gasteiger partial charge in [-0.1, -0.05) is 18.2 Å². The highest BCUT2D eigenvalue weighted by Crippen LogP contribution is 2.29. The van der Waals surface area contributed by atoms with E-state index in [0.29, 0.717) is 12.2 Å². The molecule has 0 radical (unpaired) electrons. The lowest BCUT2D eigenvalue weighted by molar-refractivity contribution is 0.101. The zero-order chi connectivity index (χ0) is 14.8. The number of ether oxygens (including phenoxy) is 2. The molecule has 3 heteroatoms. The minimum Gasteiger partial charge on any atom is -0.489 e. The molecule has 108 valence electrons. The second kappa shape index (κ2) is 5.60. The number of Topliss-reactive ketones (excluding diaryl/α,β-unsaturated/α-hetero) is 1. The summed E-state index contributed by atoms with van der Waals surface area (Å²) >= 11 is 0. The summed E-state index contributed by atoms with van der Waals surface area (Å²) in [5.74, 6) is 1.83. The van der Waals surface area contributed by atoms with Gasteiger partial charge in [-0.3, -0.25) is 4.79 Å². The maximum absolute atomic E-state index is 11.3. The van der Waals surface area contributed by atoms with Gasteiger partial charge >= 0.3 is 0 Å². The van der Waals surface area contributed by atoms with Crippen LogP contribution in [0.4, 0.5) is 0 Å². The van der Waals surface area contributed by atoms with E-state index in [1.165, 1.54) is 5.56 Å². The zero-order valence-corrected chi connectivity index (χ0v) is 12.3. The number of benzene rings is 2. The van der Waals surface area contributed by atoms with Gasteiger partial charge in [0.1, 0.15) is 24.2 Å². The Hall–Kier alpha value is -2.29. The number of rotatable bonds is 4. The number of hydrogen-bond donors (Lipinski definition) is 0. The maximum Gasteiger partial charge on any atom is 0.159 e. The first-order valence-electron chi connectivity index (χ1n) is 7.12. The quantitative estimate of drug-likeness (QED) is 0.804. The van der Waals surface area contributed by atoms with Crippen LogP contribution in [0.25, 0.3) is 0 Å². The summed E-state index contributed by atoms with van der Waals surface area (Å²) in [6.45, 7) is 4.03. The third-order valence-electron chi connectivity index (χ3n) is 3.72. The van der Waals surface area contributed by atoms with Crippen LogP contribution >= 0.6 is 0 Å². The molecule has 1 atom stereocenters. The summed E-state index contributed by atoms with van der Waals surface area (Å²) in [6.07, 6.45) is 0.926. The summed E-state index contributed by atoms with van der Waals surface area (Å²) in [6, 6.07) is 13.6. The van der Waals surface area contributed by atoms with Crippen molar-refractivity contribution in [2.24, 2.45) is 0 Å². The Labute approximate surface area is 124 Å². The predicted molar refractivity (Wildman–Crippen MR) is 81.2 cm³/mol. The van der Waals surface area contributed by atoms with Crippen LogP contribution < -0.4 is 9.47 Å². The molecule has 2 aromatic rings. The largest absolute Gasteiger partial charge is 0.489 e. The van der Waals surface area contributed by atoms with Crippen molar-refractivity contribution in [2.45, 2.75) is 26.4 Å². The second-order valence-corrected chi connectivity index (χ2v) is 5.40. The van der Waals surface area contributed by atoms with Gasteiger partial charge in [-0.15, -0.1) is 0 Å². The Morgan fingerprint density at radius 2 is 2.10 bits per heavy atom. The van der Waals surface area contributed by atoms with Crippen molar-refractivity contribution in [1.82, 2.24) is 0 Å². The predicted octanol–water partition coefficient (Wildman–Crippen LogP) is 3.58. The number of aryl methyl sites for hydroxylation is 1. The smallest absolute Gasteiger partial charge is 0.159 e. The van der Waals surface area contributed by atoms with E-state index >= 15 is 0 Å². The Morgan fingerprint density at radius 1 is 1.29 bits per heavy atom. The summed E-state index contributed by atoms with van der Waals surface area (Å²) < 4.78 is 11.7. The molecule has 0 aromatic heterocycles. The average molecular weight is 282 g/mol. The number of para-hydroxylation sites is 1. The van der Waals surface area contributed by atoms with Gasteiger partial charge in [-0.05, 0) is 49.2 Å². The topological polar surface area (TPSA) is 35.5 Å². The van der Waals surface area contributed by atoms with Crippen LogP contribution in [0.5, 0.6) is 11.5 Å². The molecule has 0 saturated carbocycles. The van der Waals surface area contributed by atoms with Gasteiger partial charge in [0.2, 0.25) is 0 Å². The van der Waals surface area contributed by atoms with Gasteiger partial charge in [0.25, 0.3) is 0 Å². The van der Waals surface area contributed by atoms with Gasteiger partial charge in [0, 0.05) is 12.0 Å². The van der Waals surface area contributed by atoms with Crippen LogP contribution in [0.15, 0.2) is 42.5 Å². The van der Waals surface area contributed by atoms with E-state index in [1.807, 2.05) is 37.3 Å². The first-order chi connectivity index (χ1) is 10.1. The zero-order valence-electron chi connectivity index (χ0n) is 12.3. The summed E-state index contributed by atoms with van der Waals surface area (Å²) in [5.41, 5.74) is 2.91. The van der Waals surface area contributed by atoms with E-state index < -0.39 is 0 Å². The maximum atomic E-state index is 11.3. The fraction of sp³-hybridized carbons (Fsp3) is 0.278. The van der Waals surface area contributed by atoms with E-state index in [-0.39, 0.29) is 11.9 Å². The molecule has 3 nitrogen and oxygen atoms in total. The van der Waals surface area contributed by atoms with Crippen LogP contribution in [-0.2, 0) is 6.42 Å². The molecule has 3 rings (SSSR count). The fourth-order valence-corrected chi connectivity index (χ4v) is 2.56. The Balaban J connectivity index is 1.63. The molecule has 0 N–H and O–H groups in total. The van der Waals surface area contributed by atoms with Crippen LogP contribution in [0.1, 0.15) is 28.4 Å². The molecule has 21 heavy (non-hydrogen) atoms. The normalized spacial score (nSPS) is 16.2. The average Bonchev–Trinajstić information content (AvgIpc) is 2.88. The number of ketones is 1. The van der Waals surface area contributed by atoms with Crippen molar-refractivity contribution in [2.75, 3.05) is 6.61 Å². The molecule has 0 bridgehead atoms. The van der Waals surface area contributed by atoms with Crippen molar-refractivity contribution in [1.29, 1.82) is 0 Å². The van der Waals surface area contributed by atoms with Gasteiger partial charge < -0.3 is 9.47 Å². The minimum absolute atomic E-state index is 0.0503. The molecular formula is C18H18O3. The van der Waals surface area contributed by atoms with Crippen molar-refractivity contribution in [3.8, 4) is 11.5 Å². The van der Waals surface area contributed by atoms with E-state index in [9.17, 15) is 4.79 Å². The van der Waals surface area contributed by atoms with Crippen molar-refractivity contribution in [3.05, 3.63) is 59.2 Å². The first kappa shape index (κ1) is 13.7. The molecule has 0 fully saturated rings. The third kappa shape index (κ3) is 2.92. The van der Waals surface area contributed by atoms with Gasteiger partial charge in [0.05, 0.1) is 0 Å². The molecule has 0 spiro atoms. The summed E-state index contributed by atoms with van der Waals surface area (Å²) in [7, 11) is 0. The van der Waals surface area contributed by atoms with Crippen LogP contribution in [0.2, 0.25) is 0 Å². The highest BCUT2D eigenvalue weighted by Gasteiger charge is 2.23. The SMILES string of the molecule is CC(=O)c1ccc(OCC2Cc3ccccc3O2)c(C)c1. The molecule has 1 heterocycles. The second-order valence-electron chi connectivity index (χ2n) is 5.40. The van der Waals surface area contributed by atoms with Crippen LogP contribution in [-0.4, -0.2) is 18.5 Å². The molecule has 0 saturated heterocycles. The lowest BCUT2D eigenvalue weighted by atomic mass is 10.1. The van der Waals surface area contributed by atoms with Gasteiger partial charge in [0.15, 0.2) is 5.78 Å². The lowest BCUT2D eigenvalue weighted by Gasteiger charge is -2.14. The Morgan fingerprint density at radius 3 is 2.81 bits per heavy atom. The van der Waals surface area contributed by atoms with Crippen molar-refractivity contribution >= 4 is 5.78 Å². The van der Waals surface area contributed by atoms with Crippen LogP contribution in [0.3, 0.4) is 0 Å². The van der Waals surface area contributed by atoms with E-state index in [4.69, 9.17) is 9.47 Å². The highest BCUT2D eigenvalue weighted by atomic mass is 16.5. The van der Waals surface area contributed by atoms with Gasteiger partial charge in [-0.2, -0.15) is 0 Å². The van der Waals surface area contributed by atoms with E-state index in [0.717, 1.165) is 23.5 Å². The fourth-order valence-electron chi connectivity index (χ4n) is 2.56. The number of fused-ring (bicyclic) bond motifs is 1. The summed E-state index contributed by atoms with van der Waals surface area (Å²) in [5, 5.41) is 0. The molecule has 0 aliphatic carbocycles. The number of carbonyl (C=O) groups excluding carboxylic acids is 1. The van der Waals surface area contributed by atoms with Crippen molar-refractivity contribution < 1.29 is 14.3 Å². The lowest BCUT2D eigenvalue weighted by Crippen LogP contribution is -2.22. The number of carbonyl (C=O) groups is 1. The van der Waals surface area contributed by atoms with Crippen LogP contribution in [0, 0.1) is 6.92 Å². The standard InChI is InChI=1S/C18H18O3/c1-12-9-14(13(2)19)7-8-17(12)20-11-16-10-15-5-3-4-6-18(15)21-16/h3-9,16H,10-11H2,1-2H3. The van der Waals surface area contributed by atoms with E-state index in [1.54, 1.807) is 13.0 Å². The van der Waals surface area contributed by atoms with Crippen molar-refractivity contribution in [3.63, 3.8) is 0 Å². The third-order valence-corrected chi connectivity index (χ3v) is 3.72. The molecule has 0 amide bonds. The molecule has 1 aliphatic rings. The molecule has 1 aliphatic heterocycles. The molecule has 1 unspecified atom stereocenters. The Kier molecular flexibility index (Phi) is 3.65. The first-order valence-corrected chi connectivity index (χ1v) is 7.12. The Bertz CT molecular complexity index is 651. The monoisotopic (exact) mass is 282 g/mol. The highest BCUT2D eigenvalue weighted by molar-refractivity contribution is 5.94. The van der Waals surface area contributed by atoms with Gasteiger partial charge in [-0.25, -0.2) is 0 Å². The molecule has 2 aromatic carbocycles. The minimum atomic E-state index is 0.0503. The number of hydrogen-bond acceptors (Lipinski definition) is 3. The molecular weight excluding hydrogens is 264 g/mol. The van der Waals surface area contributed by atoms with E-state index in [2.05, 4.69) is 6.07 Å². The summed E-state index contributed by atoms with van der Waals surface area (Å²) in [4.78, 5) is 11.3.